The molecule has 1 N–H and O–H groups in total. The lowest BCUT2D eigenvalue weighted by Crippen LogP contribution is -2.38. The summed E-state index contributed by atoms with van der Waals surface area (Å²) in [5.74, 6) is 0.405. The van der Waals surface area contributed by atoms with Crippen LogP contribution in [-0.2, 0) is 11.3 Å². The zero-order valence-corrected chi connectivity index (χ0v) is 16.8. The summed E-state index contributed by atoms with van der Waals surface area (Å²) in [5.41, 5.74) is 3.07. The Kier molecular flexibility index (Phi) is 5.45. The van der Waals surface area contributed by atoms with E-state index in [1.54, 1.807) is 11.0 Å². The molecule has 4 rings (SSSR count). The Morgan fingerprint density at radius 1 is 1.24 bits per heavy atom. The molecule has 6 nitrogen and oxygen atoms in total. The van der Waals surface area contributed by atoms with Crippen LogP contribution in [0.1, 0.15) is 40.2 Å². The van der Waals surface area contributed by atoms with Crippen molar-refractivity contribution < 1.29 is 9.53 Å². The zero-order chi connectivity index (χ0) is 20.4. The first-order valence-electron chi connectivity index (χ1n) is 9.97. The number of aromatic amines is 1. The van der Waals surface area contributed by atoms with E-state index in [0.717, 1.165) is 30.6 Å². The fraction of sp³-hybridized carbons (Fsp3) is 0.348. The number of para-hydroxylation sites is 1. The second kappa shape index (κ2) is 8.17. The molecule has 0 saturated carbocycles. The molecule has 0 aliphatic carbocycles. The van der Waals surface area contributed by atoms with Crippen molar-refractivity contribution in [1.29, 1.82) is 0 Å². The molecule has 3 aromatic rings. The zero-order valence-electron chi connectivity index (χ0n) is 16.8. The summed E-state index contributed by atoms with van der Waals surface area (Å²) >= 11 is 0. The van der Waals surface area contributed by atoms with Gasteiger partial charge in [-0.3, -0.25) is 9.59 Å². The summed E-state index contributed by atoms with van der Waals surface area (Å²) in [6, 6.07) is 13.1. The summed E-state index contributed by atoms with van der Waals surface area (Å²) < 4.78 is 5.77. The fourth-order valence-corrected chi connectivity index (χ4v) is 3.78. The summed E-state index contributed by atoms with van der Waals surface area (Å²) in [4.78, 5) is 35.0. The number of fused-ring (bicyclic) bond motifs is 1. The second-order valence-corrected chi connectivity index (χ2v) is 7.67. The molecule has 1 aliphatic rings. The third kappa shape index (κ3) is 4.22. The van der Waals surface area contributed by atoms with Crippen LogP contribution in [-0.4, -0.2) is 40.0 Å². The Morgan fingerprint density at radius 2 is 2.07 bits per heavy atom. The third-order valence-corrected chi connectivity index (χ3v) is 5.36. The average molecular weight is 391 g/mol. The first kappa shape index (κ1) is 19.3. The standard InChI is InChI=1S/C23H25N3O3/c1-15-9-10-16(2)19(12-15)23(28)26(13-17-6-5-11-29-17)14-21-24-20-8-4-3-7-18(20)22(27)25-21/h3-4,7-10,12,17H,5-6,11,13-14H2,1-2H3,(H,24,25,27)/t17-/m0/s1. The monoisotopic (exact) mass is 391 g/mol. The lowest BCUT2D eigenvalue weighted by atomic mass is 10.0. The van der Waals surface area contributed by atoms with Crippen LogP contribution >= 0.6 is 0 Å². The lowest BCUT2D eigenvalue weighted by Gasteiger charge is -2.26. The number of nitrogens with zero attached hydrogens (tertiary/aromatic N) is 2. The minimum Gasteiger partial charge on any atom is -0.376 e. The smallest absolute Gasteiger partial charge is 0.258 e. The van der Waals surface area contributed by atoms with Crippen molar-refractivity contribution in [2.75, 3.05) is 13.2 Å². The maximum Gasteiger partial charge on any atom is 0.258 e. The van der Waals surface area contributed by atoms with E-state index in [0.29, 0.717) is 28.8 Å². The number of rotatable bonds is 5. The van der Waals surface area contributed by atoms with Gasteiger partial charge in [-0.1, -0.05) is 29.8 Å². The van der Waals surface area contributed by atoms with Gasteiger partial charge in [0, 0.05) is 18.7 Å². The number of nitrogens with one attached hydrogen (secondary N) is 1. The maximum atomic E-state index is 13.4. The van der Waals surface area contributed by atoms with E-state index >= 15 is 0 Å². The van der Waals surface area contributed by atoms with E-state index in [1.807, 2.05) is 50.2 Å². The minimum atomic E-state index is -0.193. The highest BCUT2D eigenvalue weighted by atomic mass is 16.5. The summed E-state index contributed by atoms with van der Waals surface area (Å²) in [7, 11) is 0. The van der Waals surface area contributed by atoms with Gasteiger partial charge in [0.15, 0.2) is 0 Å². The van der Waals surface area contributed by atoms with Crippen molar-refractivity contribution >= 4 is 16.8 Å². The Morgan fingerprint density at radius 3 is 2.86 bits per heavy atom. The summed E-state index contributed by atoms with van der Waals surface area (Å²) in [6.45, 7) is 5.34. The molecule has 0 unspecified atom stereocenters. The van der Waals surface area contributed by atoms with Crippen LogP contribution < -0.4 is 5.56 Å². The molecule has 2 aromatic carbocycles. The van der Waals surface area contributed by atoms with Gasteiger partial charge in [0.25, 0.3) is 11.5 Å². The van der Waals surface area contributed by atoms with Crippen molar-refractivity contribution in [3.8, 4) is 0 Å². The average Bonchev–Trinajstić information content (AvgIpc) is 3.22. The number of ether oxygens (including phenoxy) is 1. The van der Waals surface area contributed by atoms with Gasteiger partial charge in [0.2, 0.25) is 0 Å². The molecule has 1 aromatic heterocycles. The number of aromatic nitrogens is 2. The Balaban J connectivity index is 1.68. The summed E-state index contributed by atoms with van der Waals surface area (Å²) in [6.07, 6.45) is 1.94. The third-order valence-electron chi connectivity index (χ3n) is 5.36. The van der Waals surface area contributed by atoms with Crippen molar-refractivity contribution in [2.24, 2.45) is 0 Å². The van der Waals surface area contributed by atoms with Gasteiger partial charge >= 0.3 is 0 Å². The number of hydrogen-bond donors (Lipinski definition) is 1. The van der Waals surface area contributed by atoms with Crippen LogP contribution in [0.2, 0.25) is 0 Å². The van der Waals surface area contributed by atoms with E-state index in [1.165, 1.54) is 0 Å². The van der Waals surface area contributed by atoms with Crippen LogP contribution in [0.3, 0.4) is 0 Å². The van der Waals surface area contributed by atoms with E-state index in [9.17, 15) is 9.59 Å². The minimum absolute atomic E-state index is 0.0104. The molecular weight excluding hydrogens is 366 g/mol. The number of carbonyl (C=O) groups excluding carboxylic acids is 1. The molecule has 0 bridgehead atoms. The molecule has 1 fully saturated rings. The number of aryl methyl sites for hydroxylation is 2. The molecule has 150 valence electrons. The van der Waals surface area contributed by atoms with Gasteiger partial charge in [0.1, 0.15) is 5.82 Å². The fourth-order valence-electron chi connectivity index (χ4n) is 3.78. The maximum absolute atomic E-state index is 13.4. The lowest BCUT2D eigenvalue weighted by molar-refractivity contribution is 0.0500. The molecule has 1 saturated heterocycles. The molecule has 0 radical (unpaired) electrons. The van der Waals surface area contributed by atoms with Crippen molar-refractivity contribution in [3.05, 3.63) is 75.3 Å². The Hall–Kier alpha value is -2.99. The van der Waals surface area contributed by atoms with Crippen molar-refractivity contribution in [3.63, 3.8) is 0 Å². The van der Waals surface area contributed by atoms with Crippen LogP contribution in [0, 0.1) is 13.8 Å². The van der Waals surface area contributed by atoms with E-state index in [4.69, 9.17) is 4.74 Å². The molecule has 6 heteroatoms. The Labute approximate surface area is 169 Å². The highest BCUT2D eigenvalue weighted by molar-refractivity contribution is 5.95. The molecule has 0 spiro atoms. The van der Waals surface area contributed by atoms with Crippen molar-refractivity contribution in [2.45, 2.75) is 39.3 Å². The van der Waals surface area contributed by atoms with Gasteiger partial charge in [-0.05, 0) is 50.5 Å². The molecular formula is C23H25N3O3. The number of benzene rings is 2. The van der Waals surface area contributed by atoms with E-state index in [-0.39, 0.29) is 24.1 Å². The first-order valence-corrected chi connectivity index (χ1v) is 9.97. The molecule has 1 aliphatic heterocycles. The van der Waals surface area contributed by atoms with Gasteiger partial charge in [0.05, 0.1) is 23.6 Å². The van der Waals surface area contributed by atoms with Crippen LogP contribution in [0.5, 0.6) is 0 Å². The van der Waals surface area contributed by atoms with E-state index < -0.39 is 0 Å². The van der Waals surface area contributed by atoms with Crippen LogP contribution in [0.4, 0.5) is 0 Å². The van der Waals surface area contributed by atoms with Gasteiger partial charge in [-0.2, -0.15) is 0 Å². The van der Waals surface area contributed by atoms with Crippen LogP contribution in [0.25, 0.3) is 10.9 Å². The SMILES string of the molecule is Cc1ccc(C)c(C(=O)N(Cc2nc3ccccc3c(=O)[nH]2)C[C@@H]2CCCO2)c1. The number of amides is 1. The predicted molar refractivity (Wildman–Crippen MR) is 112 cm³/mol. The first-order chi connectivity index (χ1) is 14.0. The summed E-state index contributed by atoms with van der Waals surface area (Å²) in [5, 5.41) is 0.544. The van der Waals surface area contributed by atoms with E-state index in [2.05, 4.69) is 9.97 Å². The second-order valence-electron chi connectivity index (χ2n) is 7.67. The van der Waals surface area contributed by atoms with Crippen LogP contribution in [0.15, 0.2) is 47.3 Å². The number of carbonyl (C=O) groups is 1. The van der Waals surface area contributed by atoms with Crippen molar-refractivity contribution in [1.82, 2.24) is 14.9 Å². The van der Waals surface area contributed by atoms with Gasteiger partial charge in [-0.25, -0.2) is 4.98 Å². The highest BCUT2D eigenvalue weighted by Crippen LogP contribution is 2.19. The molecule has 2 heterocycles. The molecule has 1 atom stereocenters. The molecule has 29 heavy (non-hydrogen) atoms. The van der Waals surface area contributed by atoms with Gasteiger partial charge < -0.3 is 14.6 Å². The normalized spacial score (nSPS) is 16.3. The topological polar surface area (TPSA) is 75.3 Å². The molecule has 1 amide bonds. The largest absolute Gasteiger partial charge is 0.376 e. The Bertz CT molecular complexity index is 1100. The number of hydrogen-bond acceptors (Lipinski definition) is 4. The quantitative estimate of drug-likeness (QED) is 0.724. The predicted octanol–water partition coefficient (Wildman–Crippen LogP) is 3.36. The number of H-pyrrole nitrogens is 1. The highest BCUT2D eigenvalue weighted by Gasteiger charge is 2.25. The van der Waals surface area contributed by atoms with Gasteiger partial charge in [-0.15, -0.1) is 0 Å².